The zero-order valence-corrected chi connectivity index (χ0v) is 14.9. The zero-order valence-electron chi connectivity index (χ0n) is 13.3. The van der Waals surface area contributed by atoms with E-state index in [0.717, 1.165) is 24.5 Å². The normalized spacial score (nSPS) is 17.5. The minimum atomic E-state index is -4.54. The first-order chi connectivity index (χ1) is 11.5. The molecule has 0 aliphatic carbocycles. The number of nitrogens with zero attached hydrogens (tertiary/aromatic N) is 2. The van der Waals surface area contributed by atoms with Gasteiger partial charge in [0.25, 0.3) is 0 Å². The molecule has 1 aromatic carbocycles. The van der Waals surface area contributed by atoms with E-state index in [4.69, 9.17) is 11.6 Å². The van der Waals surface area contributed by atoms with Gasteiger partial charge in [-0.15, -0.1) is 0 Å². The van der Waals surface area contributed by atoms with Gasteiger partial charge in [-0.2, -0.15) is 17.5 Å². The number of amides is 1. The molecular weight excluding hydrogens is 383 g/mol. The summed E-state index contributed by atoms with van der Waals surface area (Å²) in [6.07, 6.45) is -3.42. The van der Waals surface area contributed by atoms with E-state index in [0.29, 0.717) is 13.1 Å². The van der Waals surface area contributed by atoms with Crippen LogP contribution in [0.2, 0.25) is 5.02 Å². The van der Waals surface area contributed by atoms with Crippen molar-refractivity contribution < 1.29 is 26.4 Å². The smallest absolute Gasteiger partial charge is 0.324 e. The first-order valence-electron chi connectivity index (χ1n) is 7.31. The summed E-state index contributed by atoms with van der Waals surface area (Å²) >= 11 is 5.83. The van der Waals surface area contributed by atoms with Gasteiger partial charge in [0, 0.05) is 26.2 Å². The molecule has 1 aromatic rings. The largest absolute Gasteiger partial charge is 0.416 e. The van der Waals surface area contributed by atoms with Crippen molar-refractivity contribution >= 4 is 33.2 Å². The van der Waals surface area contributed by atoms with Crippen LogP contribution >= 0.6 is 11.6 Å². The number of benzene rings is 1. The summed E-state index contributed by atoms with van der Waals surface area (Å²) in [5, 5.41) is 2.37. The Morgan fingerprint density at radius 2 is 1.84 bits per heavy atom. The predicted octanol–water partition coefficient (Wildman–Crippen LogP) is 1.87. The van der Waals surface area contributed by atoms with Gasteiger partial charge < -0.3 is 5.32 Å². The molecule has 1 amide bonds. The van der Waals surface area contributed by atoms with Crippen LogP contribution in [0.15, 0.2) is 18.2 Å². The van der Waals surface area contributed by atoms with E-state index in [1.54, 1.807) is 4.90 Å². The first kappa shape index (κ1) is 20.0. The Bertz CT molecular complexity index is 747. The molecule has 0 atom stereocenters. The third-order valence-corrected chi connectivity index (χ3v) is 5.37. The van der Waals surface area contributed by atoms with Crippen molar-refractivity contribution in [3.8, 4) is 0 Å². The molecule has 1 heterocycles. The van der Waals surface area contributed by atoms with Gasteiger partial charge in [0.1, 0.15) is 0 Å². The molecule has 6 nitrogen and oxygen atoms in total. The molecule has 1 saturated heterocycles. The number of rotatable bonds is 4. The molecule has 0 bridgehead atoms. The Balaban J connectivity index is 1.95. The number of hydrogen-bond acceptors (Lipinski definition) is 4. The van der Waals surface area contributed by atoms with E-state index in [1.807, 2.05) is 0 Å². The minimum absolute atomic E-state index is 0.00301. The minimum Gasteiger partial charge on any atom is -0.324 e. The molecule has 1 aliphatic rings. The number of nitrogens with one attached hydrogen (secondary N) is 1. The SMILES string of the molecule is CS(=O)(=O)N1CCN(CC(=O)Nc2cc(C(F)(F)F)ccc2Cl)CC1. The van der Waals surface area contributed by atoms with E-state index in [1.165, 1.54) is 4.31 Å². The lowest BCUT2D eigenvalue weighted by atomic mass is 10.2. The summed E-state index contributed by atoms with van der Waals surface area (Å²) < 4.78 is 62.3. The number of piperazine rings is 1. The maximum atomic E-state index is 12.7. The molecule has 0 aromatic heterocycles. The maximum absolute atomic E-state index is 12.7. The summed E-state index contributed by atoms with van der Waals surface area (Å²) in [6, 6.07) is 2.69. The van der Waals surface area contributed by atoms with E-state index >= 15 is 0 Å². The van der Waals surface area contributed by atoms with Gasteiger partial charge in [0.2, 0.25) is 15.9 Å². The van der Waals surface area contributed by atoms with Crippen molar-refractivity contribution in [1.29, 1.82) is 0 Å². The third-order valence-electron chi connectivity index (χ3n) is 3.74. The molecule has 140 valence electrons. The van der Waals surface area contributed by atoms with Crippen LogP contribution in [0.3, 0.4) is 0 Å². The summed E-state index contributed by atoms with van der Waals surface area (Å²) in [5.74, 6) is -0.519. The van der Waals surface area contributed by atoms with Gasteiger partial charge in [-0.1, -0.05) is 11.6 Å². The molecule has 1 fully saturated rings. The van der Waals surface area contributed by atoms with Crippen LogP contribution in [0.4, 0.5) is 18.9 Å². The molecule has 2 rings (SSSR count). The lowest BCUT2D eigenvalue weighted by Gasteiger charge is -2.32. The highest BCUT2D eigenvalue weighted by Crippen LogP contribution is 2.33. The number of alkyl halides is 3. The van der Waals surface area contributed by atoms with Gasteiger partial charge >= 0.3 is 6.18 Å². The molecule has 11 heteroatoms. The fourth-order valence-corrected chi connectivity index (χ4v) is 3.40. The van der Waals surface area contributed by atoms with Crippen molar-refractivity contribution in [3.63, 3.8) is 0 Å². The predicted molar refractivity (Wildman–Crippen MR) is 87.9 cm³/mol. The van der Waals surface area contributed by atoms with Gasteiger partial charge in [-0.05, 0) is 18.2 Å². The van der Waals surface area contributed by atoms with E-state index < -0.39 is 27.7 Å². The number of anilines is 1. The third kappa shape index (κ3) is 5.56. The van der Waals surface area contributed by atoms with Crippen LogP contribution in [0.25, 0.3) is 0 Å². The van der Waals surface area contributed by atoms with Crippen LogP contribution in [0, 0.1) is 0 Å². The molecular formula is C14H17ClF3N3O3S. The van der Waals surface area contributed by atoms with Crippen LogP contribution in [-0.4, -0.2) is 62.5 Å². The van der Waals surface area contributed by atoms with E-state index in [-0.39, 0.29) is 30.3 Å². The Morgan fingerprint density at radius 1 is 1.24 bits per heavy atom. The van der Waals surface area contributed by atoms with E-state index in [9.17, 15) is 26.4 Å². The topological polar surface area (TPSA) is 69.7 Å². The molecule has 0 spiro atoms. The van der Waals surface area contributed by atoms with Gasteiger partial charge in [-0.25, -0.2) is 8.42 Å². The van der Waals surface area contributed by atoms with Crippen molar-refractivity contribution in [3.05, 3.63) is 28.8 Å². The number of sulfonamides is 1. The van der Waals surface area contributed by atoms with Crippen LogP contribution in [0.1, 0.15) is 5.56 Å². The van der Waals surface area contributed by atoms with Gasteiger partial charge in [0.05, 0.1) is 29.1 Å². The van der Waals surface area contributed by atoms with Crippen molar-refractivity contribution in [2.75, 3.05) is 44.3 Å². The Labute approximate surface area is 148 Å². The van der Waals surface area contributed by atoms with Gasteiger partial charge in [-0.3, -0.25) is 9.69 Å². The second-order valence-corrected chi connectivity index (χ2v) is 8.07. The second kappa shape index (κ2) is 7.48. The molecule has 25 heavy (non-hydrogen) atoms. The van der Waals surface area contributed by atoms with Crippen LogP contribution in [-0.2, 0) is 21.0 Å². The molecule has 0 saturated carbocycles. The number of carbonyl (C=O) groups excluding carboxylic acids is 1. The molecule has 0 unspecified atom stereocenters. The average Bonchev–Trinajstić information content (AvgIpc) is 2.48. The number of hydrogen-bond donors (Lipinski definition) is 1. The maximum Gasteiger partial charge on any atom is 0.416 e. The lowest BCUT2D eigenvalue weighted by Crippen LogP contribution is -2.50. The second-order valence-electron chi connectivity index (χ2n) is 5.68. The lowest BCUT2D eigenvalue weighted by molar-refractivity contribution is -0.137. The summed E-state index contributed by atoms with van der Waals surface area (Å²) in [6.45, 7) is 1.17. The van der Waals surface area contributed by atoms with Crippen LogP contribution in [0.5, 0.6) is 0 Å². The van der Waals surface area contributed by atoms with Crippen molar-refractivity contribution in [2.24, 2.45) is 0 Å². The van der Waals surface area contributed by atoms with Crippen molar-refractivity contribution in [2.45, 2.75) is 6.18 Å². The fraction of sp³-hybridized carbons (Fsp3) is 0.500. The monoisotopic (exact) mass is 399 g/mol. The number of carbonyl (C=O) groups is 1. The number of halogens is 4. The Morgan fingerprint density at radius 3 is 2.36 bits per heavy atom. The summed E-state index contributed by atoms with van der Waals surface area (Å²) in [4.78, 5) is 13.8. The van der Waals surface area contributed by atoms with Crippen molar-refractivity contribution in [1.82, 2.24) is 9.21 Å². The zero-order chi connectivity index (χ0) is 18.8. The van der Waals surface area contributed by atoms with E-state index in [2.05, 4.69) is 5.32 Å². The van der Waals surface area contributed by atoms with Crippen LogP contribution < -0.4 is 5.32 Å². The summed E-state index contributed by atoms with van der Waals surface area (Å²) in [5.41, 5.74) is -1.02. The summed E-state index contributed by atoms with van der Waals surface area (Å²) in [7, 11) is -3.27. The van der Waals surface area contributed by atoms with Gasteiger partial charge in [0.15, 0.2) is 0 Å². The fourth-order valence-electron chi connectivity index (χ4n) is 2.41. The molecule has 1 aliphatic heterocycles. The Hall–Kier alpha value is -1.36. The highest BCUT2D eigenvalue weighted by molar-refractivity contribution is 7.88. The standard InChI is InChI=1S/C14H17ClF3N3O3S/c1-25(23,24)21-6-4-20(5-7-21)9-13(22)19-12-8-10(14(16,17)18)2-3-11(12)15/h2-3,8H,4-7,9H2,1H3,(H,19,22). The molecule has 1 N–H and O–H groups in total. The molecule has 0 radical (unpaired) electrons. The Kier molecular flexibility index (Phi) is 5.97. The first-order valence-corrected chi connectivity index (χ1v) is 9.53. The quantitative estimate of drug-likeness (QED) is 0.839. The average molecular weight is 400 g/mol. The highest BCUT2D eigenvalue weighted by Gasteiger charge is 2.31. The highest BCUT2D eigenvalue weighted by atomic mass is 35.5.